The van der Waals surface area contributed by atoms with Gasteiger partial charge in [0.1, 0.15) is 0 Å². The Bertz CT molecular complexity index is 771. The van der Waals surface area contributed by atoms with Gasteiger partial charge in [0.15, 0.2) is 0 Å². The van der Waals surface area contributed by atoms with Crippen LogP contribution in [0.3, 0.4) is 0 Å². The molecule has 25 heavy (non-hydrogen) atoms. The molecular weight excluding hydrogens is 340 g/mol. The number of rotatable bonds is 6. The molecule has 1 unspecified atom stereocenters. The van der Waals surface area contributed by atoms with E-state index in [0.29, 0.717) is 23.9 Å². The zero-order valence-corrected chi connectivity index (χ0v) is 15.3. The van der Waals surface area contributed by atoms with Crippen molar-refractivity contribution in [3.05, 3.63) is 40.9 Å². The van der Waals surface area contributed by atoms with Crippen LogP contribution in [0, 0.1) is 0 Å². The fourth-order valence-electron chi connectivity index (χ4n) is 3.28. The van der Waals surface area contributed by atoms with Crippen LogP contribution in [0.1, 0.15) is 26.2 Å². The second-order valence-electron chi connectivity index (χ2n) is 6.24. The van der Waals surface area contributed by atoms with Crippen molar-refractivity contribution in [2.24, 2.45) is 0 Å². The number of aryl methyl sites for hydroxylation is 1. The fourth-order valence-corrected chi connectivity index (χ4v) is 3.28. The van der Waals surface area contributed by atoms with Crippen molar-refractivity contribution in [3.63, 3.8) is 0 Å². The van der Waals surface area contributed by atoms with Gasteiger partial charge in [-0.3, -0.25) is 14.2 Å². The molecule has 1 aliphatic rings. The summed E-state index contributed by atoms with van der Waals surface area (Å²) < 4.78 is 1.54. The van der Waals surface area contributed by atoms with E-state index in [1.165, 1.54) is 4.57 Å². The Kier molecular flexibility index (Phi) is 6.96. The Labute approximate surface area is 153 Å². The molecule has 2 aromatic rings. The fraction of sp³-hybridized carbons (Fsp3) is 0.500. The number of hydrogen-bond donors (Lipinski definition) is 1. The highest BCUT2D eigenvalue weighted by atomic mass is 35.5. The molecule has 136 valence electrons. The van der Waals surface area contributed by atoms with Crippen LogP contribution < -0.4 is 10.9 Å². The molecule has 1 aromatic heterocycles. The largest absolute Gasteiger partial charge is 0.338 e. The van der Waals surface area contributed by atoms with Crippen LogP contribution in [-0.4, -0.2) is 46.0 Å². The number of aromatic nitrogens is 2. The van der Waals surface area contributed by atoms with Crippen LogP contribution in [-0.2, 0) is 11.3 Å². The van der Waals surface area contributed by atoms with Gasteiger partial charge in [0.05, 0.1) is 17.2 Å². The lowest BCUT2D eigenvalue weighted by atomic mass is 10.2. The van der Waals surface area contributed by atoms with Gasteiger partial charge in [-0.1, -0.05) is 19.1 Å². The molecule has 1 aliphatic heterocycles. The second kappa shape index (κ2) is 8.97. The molecular formula is C18H25ClN4O2. The highest BCUT2D eigenvalue weighted by Crippen LogP contribution is 2.12. The maximum Gasteiger partial charge on any atom is 0.261 e. The summed E-state index contributed by atoms with van der Waals surface area (Å²) in [5.74, 6) is 0.116. The van der Waals surface area contributed by atoms with Crippen molar-refractivity contribution in [1.82, 2.24) is 19.8 Å². The van der Waals surface area contributed by atoms with Crippen LogP contribution in [0.5, 0.6) is 0 Å². The number of hydrogen-bond acceptors (Lipinski definition) is 4. The first-order valence-corrected chi connectivity index (χ1v) is 8.65. The third kappa shape index (κ3) is 4.38. The van der Waals surface area contributed by atoms with Crippen molar-refractivity contribution >= 4 is 29.2 Å². The number of amides is 1. The summed E-state index contributed by atoms with van der Waals surface area (Å²) in [4.78, 5) is 31.4. The Hall–Kier alpha value is -1.92. The zero-order chi connectivity index (χ0) is 16.9. The predicted molar refractivity (Wildman–Crippen MR) is 101 cm³/mol. The van der Waals surface area contributed by atoms with Crippen LogP contribution >= 0.6 is 12.4 Å². The lowest BCUT2D eigenvalue weighted by molar-refractivity contribution is -0.133. The average molecular weight is 365 g/mol. The maximum absolute atomic E-state index is 12.6. The molecule has 0 aliphatic carbocycles. The van der Waals surface area contributed by atoms with E-state index in [4.69, 9.17) is 0 Å². The van der Waals surface area contributed by atoms with Gasteiger partial charge in [-0.2, -0.15) is 0 Å². The molecule has 1 aromatic carbocycles. The third-order valence-electron chi connectivity index (χ3n) is 4.56. The van der Waals surface area contributed by atoms with Crippen molar-refractivity contribution in [3.8, 4) is 0 Å². The number of para-hydroxylation sites is 1. The van der Waals surface area contributed by atoms with Gasteiger partial charge in [-0.15, -0.1) is 12.4 Å². The van der Waals surface area contributed by atoms with Crippen molar-refractivity contribution < 1.29 is 4.79 Å². The average Bonchev–Trinajstić information content (AvgIpc) is 3.13. The number of benzene rings is 1. The minimum atomic E-state index is -0.0852. The number of nitrogens with one attached hydrogen (secondary N) is 1. The van der Waals surface area contributed by atoms with Gasteiger partial charge in [-0.25, -0.2) is 4.98 Å². The molecule has 1 saturated heterocycles. The van der Waals surface area contributed by atoms with Crippen LogP contribution in [0.15, 0.2) is 35.4 Å². The number of nitrogens with zero attached hydrogens (tertiary/aromatic N) is 3. The molecule has 0 spiro atoms. The summed E-state index contributed by atoms with van der Waals surface area (Å²) in [5, 5.41) is 3.91. The Morgan fingerprint density at radius 2 is 2.20 bits per heavy atom. The molecule has 7 heteroatoms. The number of carbonyl (C=O) groups is 1. The van der Waals surface area contributed by atoms with Crippen LogP contribution in [0.2, 0.25) is 0 Å². The number of halogens is 1. The third-order valence-corrected chi connectivity index (χ3v) is 4.56. The SMILES string of the molecule is CCCN(C(=O)CCn1cnc2ccccc2c1=O)C1CCNC1.Cl. The van der Waals surface area contributed by atoms with Crippen LogP contribution in [0.25, 0.3) is 10.9 Å². The minimum absolute atomic E-state index is 0. The van der Waals surface area contributed by atoms with E-state index in [9.17, 15) is 9.59 Å². The number of carbonyl (C=O) groups excluding carboxylic acids is 1. The molecule has 1 fully saturated rings. The van der Waals surface area contributed by atoms with Gasteiger partial charge in [-0.05, 0) is 31.5 Å². The Morgan fingerprint density at radius 1 is 1.40 bits per heavy atom. The number of fused-ring (bicyclic) bond motifs is 1. The van der Waals surface area contributed by atoms with Crippen molar-refractivity contribution in [2.75, 3.05) is 19.6 Å². The van der Waals surface area contributed by atoms with E-state index in [2.05, 4.69) is 17.2 Å². The van der Waals surface area contributed by atoms with Crippen molar-refractivity contribution in [1.29, 1.82) is 0 Å². The highest BCUT2D eigenvalue weighted by Gasteiger charge is 2.25. The first-order chi connectivity index (χ1) is 11.7. The predicted octanol–water partition coefficient (Wildman–Crippen LogP) is 1.81. The highest BCUT2D eigenvalue weighted by molar-refractivity contribution is 5.85. The molecule has 0 saturated carbocycles. The van der Waals surface area contributed by atoms with E-state index >= 15 is 0 Å². The van der Waals surface area contributed by atoms with Crippen LogP contribution in [0.4, 0.5) is 0 Å². The normalized spacial score (nSPS) is 16.6. The van der Waals surface area contributed by atoms with E-state index in [1.54, 1.807) is 12.4 Å². The maximum atomic E-state index is 12.6. The van der Waals surface area contributed by atoms with E-state index in [-0.39, 0.29) is 29.9 Å². The lowest BCUT2D eigenvalue weighted by Crippen LogP contribution is -2.42. The van der Waals surface area contributed by atoms with Gasteiger partial charge >= 0.3 is 0 Å². The molecule has 1 N–H and O–H groups in total. The quantitative estimate of drug-likeness (QED) is 0.848. The van der Waals surface area contributed by atoms with Crippen molar-refractivity contribution in [2.45, 2.75) is 38.8 Å². The summed E-state index contributed by atoms with van der Waals surface area (Å²) >= 11 is 0. The second-order valence-corrected chi connectivity index (χ2v) is 6.24. The van der Waals surface area contributed by atoms with Gasteiger partial charge in [0, 0.05) is 32.1 Å². The molecule has 6 nitrogen and oxygen atoms in total. The van der Waals surface area contributed by atoms with Gasteiger partial charge < -0.3 is 10.2 Å². The molecule has 1 atom stereocenters. The minimum Gasteiger partial charge on any atom is -0.338 e. The summed E-state index contributed by atoms with van der Waals surface area (Å²) in [6.07, 6.45) is 3.82. The van der Waals surface area contributed by atoms with E-state index in [1.807, 2.05) is 23.1 Å². The van der Waals surface area contributed by atoms with Gasteiger partial charge in [0.2, 0.25) is 5.91 Å². The summed E-state index contributed by atoms with van der Waals surface area (Å²) in [7, 11) is 0. The first-order valence-electron chi connectivity index (χ1n) is 8.65. The molecule has 0 bridgehead atoms. The standard InChI is InChI=1S/C18H24N4O2.ClH/c1-2-10-22(14-7-9-19-12-14)17(23)8-11-21-13-20-16-6-4-3-5-15(16)18(21)24;/h3-6,13-14,19H,2,7-12H2,1H3;1H. The molecule has 2 heterocycles. The summed E-state index contributed by atoms with van der Waals surface area (Å²) in [5.41, 5.74) is 0.604. The summed E-state index contributed by atoms with van der Waals surface area (Å²) in [6, 6.07) is 7.57. The monoisotopic (exact) mass is 364 g/mol. The molecule has 3 rings (SSSR count). The topological polar surface area (TPSA) is 67.2 Å². The van der Waals surface area contributed by atoms with Gasteiger partial charge in [0.25, 0.3) is 5.56 Å². The summed E-state index contributed by atoms with van der Waals surface area (Å²) in [6.45, 7) is 5.06. The Balaban J connectivity index is 0.00000225. The first kappa shape index (κ1) is 19.4. The lowest BCUT2D eigenvalue weighted by Gasteiger charge is -2.28. The van der Waals surface area contributed by atoms with E-state index in [0.717, 1.165) is 32.5 Å². The molecule has 0 radical (unpaired) electrons. The molecule has 1 amide bonds. The van der Waals surface area contributed by atoms with E-state index < -0.39 is 0 Å². The zero-order valence-electron chi connectivity index (χ0n) is 14.5. The smallest absolute Gasteiger partial charge is 0.261 e. The Morgan fingerprint density at radius 3 is 2.92 bits per heavy atom.